The molecule has 0 fully saturated rings. The van der Waals surface area contributed by atoms with E-state index in [1.807, 2.05) is 36.4 Å². The van der Waals surface area contributed by atoms with Crippen LogP contribution in [-0.4, -0.2) is 14.7 Å². The molecule has 0 N–H and O–H groups in total. The van der Waals surface area contributed by atoms with Crippen molar-refractivity contribution in [1.82, 2.24) is 14.7 Å². The van der Waals surface area contributed by atoms with Gasteiger partial charge in [-0.3, -0.25) is 4.98 Å². The fourth-order valence-electron chi connectivity index (χ4n) is 1.51. The minimum atomic E-state index is 0.776. The van der Waals surface area contributed by atoms with E-state index in [0.717, 1.165) is 16.8 Å². The minimum absolute atomic E-state index is 0.776. The zero-order valence-electron chi connectivity index (χ0n) is 8.45. The van der Waals surface area contributed by atoms with E-state index in [-0.39, 0.29) is 0 Å². The van der Waals surface area contributed by atoms with E-state index < -0.39 is 0 Å². The Hall–Kier alpha value is -2.36. The molecule has 16 heavy (non-hydrogen) atoms. The third-order valence-corrected chi connectivity index (χ3v) is 2.26. The van der Waals surface area contributed by atoms with Crippen LogP contribution < -0.4 is 4.84 Å². The quantitative estimate of drug-likeness (QED) is 0.652. The van der Waals surface area contributed by atoms with Crippen LogP contribution in [0, 0.1) is 0 Å². The lowest BCUT2D eigenvalue weighted by molar-refractivity contribution is 0.227. The monoisotopic (exact) mass is 211 g/mol. The summed E-state index contributed by atoms with van der Waals surface area (Å²) >= 11 is 0. The van der Waals surface area contributed by atoms with Crippen molar-refractivity contribution in [1.29, 1.82) is 0 Å². The molecule has 0 amide bonds. The van der Waals surface area contributed by atoms with E-state index in [1.54, 1.807) is 23.5 Å². The first-order chi connectivity index (χ1) is 7.93. The molecular formula is C12H9N3O. The molecule has 2 heterocycles. The number of para-hydroxylation sites is 1. The van der Waals surface area contributed by atoms with Crippen LogP contribution in [0.3, 0.4) is 0 Å². The smallest absolute Gasteiger partial charge is 0.155 e. The largest absolute Gasteiger partial charge is 0.374 e. The van der Waals surface area contributed by atoms with E-state index in [1.165, 1.54) is 0 Å². The lowest BCUT2D eigenvalue weighted by Crippen LogP contribution is -2.02. The fourth-order valence-corrected chi connectivity index (χ4v) is 1.51. The third kappa shape index (κ3) is 1.50. The van der Waals surface area contributed by atoms with Gasteiger partial charge in [-0.25, -0.2) is 4.98 Å². The number of hydrogen-bond donors (Lipinski definition) is 0. The Balaban J connectivity index is 2.01. The first-order valence-electron chi connectivity index (χ1n) is 4.94. The second-order valence-electron chi connectivity index (χ2n) is 3.34. The van der Waals surface area contributed by atoms with Crippen LogP contribution in [0.1, 0.15) is 0 Å². The van der Waals surface area contributed by atoms with Crippen LogP contribution in [0.15, 0.2) is 55.1 Å². The highest BCUT2D eigenvalue weighted by Gasteiger charge is 2.02. The molecule has 3 rings (SSSR count). The van der Waals surface area contributed by atoms with Crippen LogP contribution in [-0.2, 0) is 0 Å². The molecule has 0 spiro atoms. The van der Waals surface area contributed by atoms with Crippen LogP contribution in [0.4, 0.5) is 0 Å². The standard InChI is InChI=1S/C12H9N3O/c1-2-4-10(5-3-1)16-15-9-14-11-8-13-7-6-12(11)15/h1-9H. The number of nitrogens with zero attached hydrogens (tertiary/aromatic N) is 3. The number of benzene rings is 1. The summed E-state index contributed by atoms with van der Waals surface area (Å²) in [6, 6.07) is 11.5. The molecule has 0 aliphatic carbocycles. The highest BCUT2D eigenvalue weighted by molar-refractivity contribution is 5.73. The van der Waals surface area contributed by atoms with Gasteiger partial charge in [0.05, 0.1) is 6.20 Å². The van der Waals surface area contributed by atoms with E-state index >= 15 is 0 Å². The van der Waals surface area contributed by atoms with Crippen molar-refractivity contribution in [3.05, 3.63) is 55.1 Å². The topological polar surface area (TPSA) is 39.9 Å². The van der Waals surface area contributed by atoms with Gasteiger partial charge in [-0.1, -0.05) is 18.2 Å². The summed E-state index contributed by atoms with van der Waals surface area (Å²) in [6.07, 6.45) is 5.06. The van der Waals surface area contributed by atoms with Crippen molar-refractivity contribution in [2.45, 2.75) is 0 Å². The summed E-state index contributed by atoms with van der Waals surface area (Å²) in [5, 5.41) is 0. The van der Waals surface area contributed by atoms with Crippen LogP contribution >= 0.6 is 0 Å². The minimum Gasteiger partial charge on any atom is -0.374 e. The van der Waals surface area contributed by atoms with Crippen LogP contribution in [0.2, 0.25) is 0 Å². The van der Waals surface area contributed by atoms with Gasteiger partial charge in [0.25, 0.3) is 0 Å². The molecule has 2 aromatic heterocycles. The fraction of sp³-hybridized carbons (Fsp3) is 0. The summed E-state index contributed by atoms with van der Waals surface area (Å²) in [5.74, 6) is 0.776. The van der Waals surface area contributed by atoms with Crippen molar-refractivity contribution in [3.63, 3.8) is 0 Å². The highest BCUT2D eigenvalue weighted by Crippen LogP contribution is 2.14. The first-order valence-corrected chi connectivity index (χ1v) is 4.94. The zero-order chi connectivity index (χ0) is 10.8. The second kappa shape index (κ2) is 3.66. The Morgan fingerprint density at radius 2 is 1.94 bits per heavy atom. The van der Waals surface area contributed by atoms with Crippen molar-refractivity contribution in [2.75, 3.05) is 0 Å². The Morgan fingerprint density at radius 1 is 1.06 bits per heavy atom. The molecular weight excluding hydrogens is 202 g/mol. The molecule has 0 saturated heterocycles. The molecule has 4 nitrogen and oxygen atoms in total. The summed E-state index contributed by atoms with van der Waals surface area (Å²) in [4.78, 5) is 13.9. The number of rotatable bonds is 2. The van der Waals surface area contributed by atoms with Crippen LogP contribution in [0.25, 0.3) is 11.0 Å². The Morgan fingerprint density at radius 3 is 2.81 bits per heavy atom. The maximum Gasteiger partial charge on any atom is 0.155 e. The molecule has 3 aromatic rings. The maximum atomic E-state index is 5.66. The Bertz CT molecular complexity index is 604. The lowest BCUT2D eigenvalue weighted by atomic mass is 10.3. The normalized spacial score (nSPS) is 10.5. The molecule has 0 atom stereocenters. The van der Waals surface area contributed by atoms with Gasteiger partial charge in [0, 0.05) is 6.20 Å². The molecule has 0 bridgehead atoms. The van der Waals surface area contributed by atoms with Gasteiger partial charge in [0.1, 0.15) is 17.4 Å². The molecule has 0 saturated carbocycles. The van der Waals surface area contributed by atoms with E-state index in [0.29, 0.717) is 0 Å². The first kappa shape index (κ1) is 8.91. The van der Waals surface area contributed by atoms with Crippen molar-refractivity contribution in [3.8, 4) is 5.75 Å². The predicted octanol–water partition coefficient (Wildman–Crippen LogP) is 2.27. The molecule has 0 aliphatic rings. The van der Waals surface area contributed by atoms with Gasteiger partial charge in [0.2, 0.25) is 0 Å². The Kier molecular flexibility index (Phi) is 2.04. The number of pyridine rings is 1. The summed E-state index contributed by atoms with van der Waals surface area (Å²) in [5.41, 5.74) is 1.72. The van der Waals surface area contributed by atoms with E-state index in [9.17, 15) is 0 Å². The molecule has 0 radical (unpaired) electrons. The zero-order valence-corrected chi connectivity index (χ0v) is 8.45. The van der Waals surface area contributed by atoms with E-state index in [2.05, 4.69) is 9.97 Å². The highest BCUT2D eigenvalue weighted by atomic mass is 16.7. The summed E-state index contributed by atoms with van der Waals surface area (Å²) < 4.78 is 1.63. The molecule has 0 unspecified atom stereocenters. The second-order valence-corrected chi connectivity index (χ2v) is 3.34. The van der Waals surface area contributed by atoms with Crippen LogP contribution in [0.5, 0.6) is 5.75 Å². The third-order valence-electron chi connectivity index (χ3n) is 2.26. The van der Waals surface area contributed by atoms with Crippen molar-refractivity contribution < 1.29 is 4.84 Å². The van der Waals surface area contributed by atoms with Gasteiger partial charge >= 0.3 is 0 Å². The molecule has 4 heteroatoms. The Labute approximate surface area is 92.1 Å². The average Bonchev–Trinajstić information content (AvgIpc) is 2.74. The molecule has 78 valence electrons. The van der Waals surface area contributed by atoms with Crippen molar-refractivity contribution in [2.24, 2.45) is 0 Å². The van der Waals surface area contributed by atoms with Crippen molar-refractivity contribution >= 4 is 11.0 Å². The lowest BCUT2D eigenvalue weighted by Gasteiger charge is -2.05. The summed E-state index contributed by atoms with van der Waals surface area (Å²) in [6.45, 7) is 0. The number of aromatic nitrogens is 3. The SMILES string of the molecule is c1ccc(On2cnc3cnccc32)cc1. The maximum absolute atomic E-state index is 5.66. The predicted molar refractivity (Wildman–Crippen MR) is 60.0 cm³/mol. The van der Waals surface area contributed by atoms with Gasteiger partial charge in [-0.15, -0.1) is 0 Å². The van der Waals surface area contributed by atoms with Gasteiger partial charge in [-0.2, -0.15) is 4.73 Å². The number of imidazole rings is 1. The average molecular weight is 211 g/mol. The van der Waals surface area contributed by atoms with E-state index in [4.69, 9.17) is 4.84 Å². The summed E-state index contributed by atoms with van der Waals surface area (Å²) in [7, 11) is 0. The number of hydrogen-bond acceptors (Lipinski definition) is 3. The number of fused-ring (bicyclic) bond motifs is 1. The molecule has 0 aliphatic heterocycles. The van der Waals surface area contributed by atoms with Gasteiger partial charge < -0.3 is 4.84 Å². The van der Waals surface area contributed by atoms with Gasteiger partial charge in [0.15, 0.2) is 5.75 Å². The van der Waals surface area contributed by atoms with Gasteiger partial charge in [-0.05, 0) is 18.2 Å². The molecule has 1 aromatic carbocycles.